The second-order valence-corrected chi connectivity index (χ2v) is 6.63. The van der Waals surface area contributed by atoms with Crippen molar-refractivity contribution in [1.82, 2.24) is 5.32 Å². The van der Waals surface area contributed by atoms with Gasteiger partial charge < -0.3 is 15.2 Å². The van der Waals surface area contributed by atoms with Crippen molar-refractivity contribution in [3.63, 3.8) is 0 Å². The first-order valence-corrected chi connectivity index (χ1v) is 6.75. The number of hydrogen-bond donors (Lipinski definition) is 2. The van der Waals surface area contributed by atoms with Gasteiger partial charge in [0.2, 0.25) is 5.91 Å². The van der Waals surface area contributed by atoms with Crippen molar-refractivity contribution in [3.05, 3.63) is 11.6 Å². The fraction of sp³-hybridized carbons (Fsp3) is 0.733. The number of hydrogen-bond acceptors (Lipinski definition) is 3. The van der Waals surface area contributed by atoms with Gasteiger partial charge in [-0.05, 0) is 32.1 Å². The van der Waals surface area contributed by atoms with Crippen molar-refractivity contribution in [1.29, 1.82) is 0 Å². The first-order chi connectivity index (χ1) is 9.06. The van der Waals surface area contributed by atoms with E-state index < -0.39 is 11.5 Å². The van der Waals surface area contributed by atoms with Gasteiger partial charge in [0.1, 0.15) is 0 Å². The van der Waals surface area contributed by atoms with Crippen LogP contribution in [0.4, 0.5) is 0 Å². The molecule has 0 spiro atoms. The van der Waals surface area contributed by atoms with Gasteiger partial charge in [-0.15, -0.1) is 0 Å². The van der Waals surface area contributed by atoms with E-state index >= 15 is 0 Å². The van der Waals surface area contributed by atoms with Gasteiger partial charge in [0.25, 0.3) is 0 Å². The maximum Gasteiger partial charge on any atom is 0.331 e. The monoisotopic (exact) mass is 283 g/mol. The van der Waals surface area contributed by atoms with Crippen molar-refractivity contribution < 1.29 is 19.4 Å². The number of carboxylic acid groups (broad SMARTS) is 1. The molecule has 1 aliphatic carbocycles. The van der Waals surface area contributed by atoms with E-state index in [2.05, 4.69) is 11.4 Å². The summed E-state index contributed by atoms with van der Waals surface area (Å²) in [6.07, 6.45) is 2.08. The Labute approximate surface area is 120 Å². The molecule has 3 atom stereocenters. The fourth-order valence-electron chi connectivity index (χ4n) is 2.64. The molecule has 0 aromatic heterocycles. The number of amides is 1. The molecule has 0 aromatic carbocycles. The van der Waals surface area contributed by atoms with Crippen LogP contribution in [0.3, 0.4) is 0 Å². The number of methoxy groups -OCH3 is 1. The van der Waals surface area contributed by atoms with Gasteiger partial charge in [-0.25, -0.2) is 4.79 Å². The van der Waals surface area contributed by atoms with Crippen molar-refractivity contribution in [2.24, 2.45) is 17.3 Å². The van der Waals surface area contributed by atoms with E-state index in [1.807, 2.05) is 27.7 Å². The van der Waals surface area contributed by atoms with Crippen LogP contribution in [0.2, 0.25) is 0 Å². The highest BCUT2D eigenvalue weighted by Gasteiger charge is 2.61. The van der Waals surface area contributed by atoms with Gasteiger partial charge in [0.15, 0.2) is 5.54 Å². The largest absolute Gasteiger partial charge is 0.479 e. The molecule has 0 heterocycles. The van der Waals surface area contributed by atoms with E-state index in [-0.39, 0.29) is 29.8 Å². The number of rotatable bonds is 6. The number of carbonyl (C=O) groups is 2. The Balaban J connectivity index is 2.82. The predicted octanol–water partition coefficient (Wildman–Crippen LogP) is 1.83. The Morgan fingerprint density at radius 1 is 1.40 bits per heavy atom. The number of carboxylic acids is 1. The minimum Gasteiger partial charge on any atom is -0.479 e. The molecule has 5 nitrogen and oxygen atoms in total. The second kappa shape index (κ2) is 5.56. The predicted molar refractivity (Wildman–Crippen MR) is 76.3 cm³/mol. The third kappa shape index (κ3) is 3.20. The van der Waals surface area contributed by atoms with Crippen LogP contribution >= 0.6 is 0 Å². The SMILES string of the molecule is COC[C@](C)(NC(=O)[C@@H]1[C@H](C=C(C)C)C1(C)C)C(=O)O. The lowest BCUT2D eigenvalue weighted by Crippen LogP contribution is -2.56. The van der Waals surface area contributed by atoms with E-state index in [0.717, 1.165) is 5.57 Å². The van der Waals surface area contributed by atoms with Crippen LogP contribution in [-0.2, 0) is 14.3 Å². The highest BCUT2D eigenvalue weighted by molar-refractivity contribution is 5.90. The summed E-state index contributed by atoms with van der Waals surface area (Å²) in [4.78, 5) is 23.7. The summed E-state index contributed by atoms with van der Waals surface area (Å²) in [6.45, 7) is 9.44. The normalized spacial score (nSPS) is 26.3. The Kier molecular flexibility index (Phi) is 4.64. The summed E-state index contributed by atoms with van der Waals surface area (Å²) >= 11 is 0. The average Bonchev–Trinajstić information content (AvgIpc) is 2.79. The minimum atomic E-state index is -1.39. The van der Waals surface area contributed by atoms with Gasteiger partial charge in [-0.2, -0.15) is 0 Å². The molecule has 0 saturated heterocycles. The molecule has 0 aromatic rings. The van der Waals surface area contributed by atoms with E-state index in [0.29, 0.717) is 0 Å². The fourth-order valence-corrected chi connectivity index (χ4v) is 2.64. The number of allylic oxidation sites excluding steroid dienone is 2. The van der Waals surface area contributed by atoms with Gasteiger partial charge in [0, 0.05) is 7.11 Å². The van der Waals surface area contributed by atoms with Crippen LogP contribution in [0.1, 0.15) is 34.6 Å². The van der Waals surface area contributed by atoms with Crippen molar-refractivity contribution in [2.45, 2.75) is 40.2 Å². The van der Waals surface area contributed by atoms with Crippen LogP contribution in [0.25, 0.3) is 0 Å². The maximum atomic E-state index is 12.3. The van der Waals surface area contributed by atoms with Gasteiger partial charge in [-0.1, -0.05) is 25.5 Å². The van der Waals surface area contributed by atoms with E-state index in [9.17, 15) is 14.7 Å². The molecule has 2 N–H and O–H groups in total. The van der Waals surface area contributed by atoms with E-state index in [1.54, 1.807) is 0 Å². The number of nitrogens with one attached hydrogen (secondary N) is 1. The van der Waals surface area contributed by atoms with Crippen LogP contribution in [0.15, 0.2) is 11.6 Å². The summed E-state index contributed by atoms with van der Waals surface area (Å²) in [5, 5.41) is 11.9. The molecular weight excluding hydrogens is 258 g/mol. The van der Waals surface area contributed by atoms with Crippen molar-refractivity contribution >= 4 is 11.9 Å². The lowest BCUT2D eigenvalue weighted by atomic mass is 10.0. The summed E-state index contributed by atoms with van der Waals surface area (Å²) in [6, 6.07) is 0. The average molecular weight is 283 g/mol. The van der Waals surface area contributed by atoms with Gasteiger partial charge >= 0.3 is 5.97 Å². The number of carbonyl (C=O) groups excluding carboxylic acids is 1. The second-order valence-electron chi connectivity index (χ2n) is 6.63. The molecule has 1 saturated carbocycles. The minimum absolute atomic E-state index is 0.0610. The summed E-state index contributed by atoms with van der Waals surface area (Å²) in [7, 11) is 1.42. The standard InChI is InChI=1S/C15H25NO4/c1-9(2)7-10-11(14(10,3)4)12(17)16-15(5,8-20-6)13(18)19/h7,10-11H,8H2,1-6H3,(H,16,17)(H,18,19)/t10-,11-,15-/m0/s1. The third-order valence-electron chi connectivity index (χ3n) is 4.01. The maximum absolute atomic E-state index is 12.3. The van der Waals surface area contributed by atoms with Crippen LogP contribution in [0.5, 0.6) is 0 Å². The third-order valence-corrected chi connectivity index (χ3v) is 4.01. The van der Waals surface area contributed by atoms with E-state index in [4.69, 9.17) is 4.74 Å². The molecule has 114 valence electrons. The Morgan fingerprint density at radius 3 is 2.35 bits per heavy atom. The molecule has 0 radical (unpaired) electrons. The molecule has 1 rings (SSSR count). The first kappa shape index (κ1) is 16.7. The smallest absolute Gasteiger partial charge is 0.331 e. The van der Waals surface area contributed by atoms with Gasteiger partial charge in [-0.3, -0.25) is 4.79 Å². The molecular formula is C15H25NO4. The Morgan fingerprint density at radius 2 is 1.95 bits per heavy atom. The van der Waals surface area contributed by atoms with Crippen molar-refractivity contribution in [2.75, 3.05) is 13.7 Å². The first-order valence-electron chi connectivity index (χ1n) is 6.75. The number of aliphatic carboxylic acids is 1. The molecule has 5 heteroatoms. The summed E-state index contributed by atoms with van der Waals surface area (Å²) in [5.74, 6) is -1.34. The zero-order chi connectivity index (χ0) is 15.7. The zero-order valence-corrected chi connectivity index (χ0v) is 13.1. The molecule has 1 aliphatic rings. The van der Waals surface area contributed by atoms with Crippen LogP contribution < -0.4 is 5.32 Å². The van der Waals surface area contributed by atoms with Crippen LogP contribution in [0, 0.1) is 17.3 Å². The molecule has 0 bridgehead atoms. The molecule has 1 fully saturated rings. The number of ether oxygens (including phenoxy) is 1. The van der Waals surface area contributed by atoms with E-state index in [1.165, 1.54) is 14.0 Å². The molecule has 20 heavy (non-hydrogen) atoms. The van der Waals surface area contributed by atoms with Crippen LogP contribution in [-0.4, -0.2) is 36.2 Å². The highest BCUT2D eigenvalue weighted by atomic mass is 16.5. The molecule has 0 aliphatic heterocycles. The highest BCUT2D eigenvalue weighted by Crippen LogP contribution is 2.59. The van der Waals surface area contributed by atoms with Crippen molar-refractivity contribution in [3.8, 4) is 0 Å². The molecule has 1 amide bonds. The quantitative estimate of drug-likeness (QED) is 0.729. The lowest BCUT2D eigenvalue weighted by Gasteiger charge is -2.25. The topological polar surface area (TPSA) is 75.6 Å². The molecule has 0 unspecified atom stereocenters. The summed E-state index contributed by atoms with van der Waals surface area (Å²) < 4.78 is 4.91. The zero-order valence-electron chi connectivity index (χ0n) is 13.1. The van der Waals surface area contributed by atoms with Gasteiger partial charge in [0.05, 0.1) is 12.5 Å². The Hall–Kier alpha value is -1.36. The Bertz CT molecular complexity index is 437. The summed E-state index contributed by atoms with van der Waals surface area (Å²) in [5.41, 5.74) is -0.357. The lowest BCUT2D eigenvalue weighted by molar-refractivity contribution is -0.149.